The lowest BCUT2D eigenvalue weighted by atomic mass is 9.63. The maximum atomic E-state index is 12.2. The van der Waals surface area contributed by atoms with E-state index in [9.17, 15) is 4.79 Å². The van der Waals surface area contributed by atoms with Gasteiger partial charge in [-0.05, 0) is 45.9 Å². The average Bonchev–Trinajstić information content (AvgIpc) is 2.88. The van der Waals surface area contributed by atoms with Gasteiger partial charge in [0.05, 0.1) is 5.92 Å². The van der Waals surface area contributed by atoms with E-state index in [1.807, 2.05) is 18.2 Å². The van der Waals surface area contributed by atoms with Crippen molar-refractivity contribution >= 4 is 12.0 Å². The Morgan fingerprint density at radius 1 is 0.971 bits per heavy atom. The van der Waals surface area contributed by atoms with Gasteiger partial charge >= 0.3 is 0 Å². The van der Waals surface area contributed by atoms with Gasteiger partial charge in [-0.2, -0.15) is 0 Å². The van der Waals surface area contributed by atoms with Gasteiger partial charge in [0, 0.05) is 68.1 Å². The van der Waals surface area contributed by atoms with Crippen molar-refractivity contribution < 1.29 is 14.3 Å². The van der Waals surface area contributed by atoms with Crippen LogP contribution in [0.5, 0.6) is 5.75 Å². The molecule has 0 spiro atoms. The molecule has 3 aliphatic rings. The van der Waals surface area contributed by atoms with Crippen molar-refractivity contribution in [2.24, 2.45) is 17.8 Å². The van der Waals surface area contributed by atoms with Gasteiger partial charge in [-0.1, -0.05) is 36.4 Å². The molecule has 0 amide bonds. The Morgan fingerprint density at radius 3 is 2.32 bits per heavy atom. The van der Waals surface area contributed by atoms with Crippen LogP contribution in [0.4, 0.5) is 5.69 Å². The van der Waals surface area contributed by atoms with Crippen LogP contribution in [0.1, 0.15) is 33.3 Å². The number of anilines is 1. The summed E-state index contributed by atoms with van der Waals surface area (Å²) in [5, 5.41) is 0. The number of ether oxygens (including phenoxy) is 2. The molecule has 5 nitrogen and oxygen atoms in total. The first-order valence-corrected chi connectivity index (χ1v) is 12.6. The van der Waals surface area contributed by atoms with E-state index in [1.165, 1.54) is 5.70 Å². The van der Waals surface area contributed by atoms with E-state index in [0.717, 1.165) is 49.5 Å². The molecule has 0 radical (unpaired) electrons. The van der Waals surface area contributed by atoms with Crippen molar-refractivity contribution in [2.45, 2.75) is 39.4 Å². The number of fused-ring (bicyclic) bond motifs is 2. The molecule has 182 valence electrons. The molecule has 0 fully saturated rings. The summed E-state index contributed by atoms with van der Waals surface area (Å²) in [6, 6.07) is 6.45. The van der Waals surface area contributed by atoms with Gasteiger partial charge in [0.2, 0.25) is 0 Å². The van der Waals surface area contributed by atoms with Crippen molar-refractivity contribution in [3.8, 4) is 5.75 Å². The summed E-state index contributed by atoms with van der Waals surface area (Å²) in [6.45, 7) is 12.4. The number of rotatable bonds is 9. The predicted molar refractivity (Wildman–Crippen MR) is 138 cm³/mol. The fourth-order valence-electron chi connectivity index (χ4n) is 5.94. The van der Waals surface area contributed by atoms with E-state index in [1.54, 1.807) is 7.11 Å². The molecule has 0 saturated carbocycles. The maximum absolute atomic E-state index is 12.2. The normalized spacial score (nSPS) is 29.0. The third-order valence-corrected chi connectivity index (χ3v) is 7.73. The van der Waals surface area contributed by atoms with Gasteiger partial charge in [0.1, 0.15) is 23.7 Å². The number of aldehydes is 1. The van der Waals surface area contributed by atoms with Gasteiger partial charge < -0.3 is 24.1 Å². The molecular formula is C29H38N2O3. The number of nitrogens with zero attached hydrogens (tertiary/aromatic N) is 2. The van der Waals surface area contributed by atoms with E-state index in [2.05, 4.69) is 80.0 Å². The number of benzene rings is 1. The lowest BCUT2D eigenvalue weighted by Gasteiger charge is -2.52. The zero-order valence-corrected chi connectivity index (χ0v) is 21.1. The van der Waals surface area contributed by atoms with Crippen LogP contribution in [0.3, 0.4) is 0 Å². The minimum atomic E-state index is -0.728. The topological polar surface area (TPSA) is 42.0 Å². The molecule has 0 saturated heterocycles. The van der Waals surface area contributed by atoms with Crippen molar-refractivity contribution in [3.05, 3.63) is 72.0 Å². The first-order chi connectivity index (χ1) is 16.6. The first kappa shape index (κ1) is 24.3. The van der Waals surface area contributed by atoms with E-state index in [0.29, 0.717) is 0 Å². The molecule has 1 aromatic rings. The molecule has 2 aliphatic carbocycles. The van der Waals surface area contributed by atoms with Gasteiger partial charge in [-0.25, -0.2) is 0 Å². The van der Waals surface area contributed by atoms with Gasteiger partial charge in [-0.15, -0.1) is 0 Å². The third kappa shape index (κ3) is 3.90. The van der Waals surface area contributed by atoms with Crippen LogP contribution in [0.15, 0.2) is 66.4 Å². The molecular weight excluding hydrogens is 424 g/mol. The second kappa shape index (κ2) is 10.2. The number of hydrogen-bond acceptors (Lipinski definition) is 5. The Morgan fingerprint density at radius 2 is 1.68 bits per heavy atom. The third-order valence-electron chi connectivity index (χ3n) is 7.73. The minimum absolute atomic E-state index is 0.0628. The summed E-state index contributed by atoms with van der Waals surface area (Å²) in [6.07, 6.45) is 15.6. The van der Waals surface area contributed by atoms with Crippen molar-refractivity contribution in [3.63, 3.8) is 0 Å². The molecule has 34 heavy (non-hydrogen) atoms. The van der Waals surface area contributed by atoms with Crippen molar-refractivity contribution in [1.29, 1.82) is 0 Å². The number of allylic oxidation sites excluding steroid dienone is 4. The monoisotopic (exact) mass is 462 g/mol. The highest BCUT2D eigenvalue weighted by Crippen LogP contribution is 2.55. The van der Waals surface area contributed by atoms with Gasteiger partial charge in [-0.3, -0.25) is 0 Å². The Bertz CT molecular complexity index is 1000. The summed E-state index contributed by atoms with van der Waals surface area (Å²) in [5.74, 6) is 0.376. The highest BCUT2D eigenvalue weighted by atomic mass is 16.5. The second-order valence-corrected chi connectivity index (χ2v) is 9.09. The van der Waals surface area contributed by atoms with Crippen molar-refractivity contribution in [1.82, 2.24) is 4.90 Å². The van der Waals surface area contributed by atoms with E-state index in [-0.39, 0.29) is 23.9 Å². The Hall–Kier alpha value is -2.79. The number of methoxy groups -OCH3 is 1. The number of carbonyl (C=O) groups is 1. The number of carbonyl (C=O) groups excluding carboxylic acids is 1. The molecule has 4 rings (SSSR count). The Kier molecular flexibility index (Phi) is 7.32. The summed E-state index contributed by atoms with van der Waals surface area (Å²) in [5.41, 5.74) is 2.59. The van der Waals surface area contributed by atoms with Crippen molar-refractivity contribution in [2.75, 3.05) is 38.2 Å². The number of likely N-dealkylation sites (N-methyl/N-ethyl adjacent to an activating group) is 1. The molecule has 1 aliphatic heterocycles. The fraction of sp³-hybridized carbons (Fsp3) is 0.483. The quantitative estimate of drug-likeness (QED) is 0.478. The molecule has 5 unspecified atom stereocenters. The molecule has 1 aromatic carbocycles. The molecule has 0 aromatic heterocycles. The van der Waals surface area contributed by atoms with Crippen LogP contribution in [0, 0.1) is 17.8 Å². The SMILES string of the molecule is CCN(CC)C1=CC2Oc3cc(N(CC)CC)ccc3C(OC)(C3C=CC=CC3C=O)C2C=C1. The van der Waals surface area contributed by atoms with Crippen LogP contribution < -0.4 is 9.64 Å². The van der Waals surface area contributed by atoms with Gasteiger partial charge in [0.15, 0.2) is 0 Å². The van der Waals surface area contributed by atoms with E-state index < -0.39 is 5.60 Å². The van der Waals surface area contributed by atoms with Crippen LogP contribution in [0.2, 0.25) is 0 Å². The highest BCUT2D eigenvalue weighted by Gasteiger charge is 2.55. The zero-order chi connectivity index (χ0) is 24.3. The lowest BCUT2D eigenvalue weighted by molar-refractivity contribution is -0.135. The Balaban J connectivity index is 1.89. The van der Waals surface area contributed by atoms with Crippen LogP contribution >= 0.6 is 0 Å². The summed E-state index contributed by atoms with van der Waals surface area (Å²) in [7, 11) is 1.77. The van der Waals surface area contributed by atoms with Crippen LogP contribution in [-0.2, 0) is 15.1 Å². The lowest BCUT2D eigenvalue weighted by Crippen LogP contribution is -2.54. The fourth-order valence-corrected chi connectivity index (χ4v) is 5.94. The zero-order valence-electron chi connectivity index (χ0n) is 21.1. The van der Waals surface area contributed by atoms with Crippen LogP contribution in [-0.4, -0.2) is 50.6 Å². The molecule has 0 N–H and O–H groups in total. The summed E-state index contributed by atoms with van der Waals surface area (Å²) < 4.78 is 13.2. The van der Waals surface area contributed by atoms with Gasteiger partial charge in [0.25, 0.3) is 0 Å². The smallest absolute Gasteiger partial charge is 0.129 e. The first-order valence-electron chi connectivity index (χ1n) is 12.6. The minimum Gasteiger partial charge on any atom is -0.485 e. The van der Waals surface area contributed by atoms with E-state index in [4.69, 9.17) is 9.47 Å². The largest absolute Gasteiger partial charge is 0.485 e. The molecule has 1 heterocycles. The molecule has 5 atom stereocenters. The predicted octanol–water partition coefficient (Wildman–Crippen LogP) is 5.10. The second-order valence-electron chi connectivity index (χ2n) is 9.09. The van der Waals surface area contributed by atoms with E-state index >= 15 is 0 Å². The summed E-state index contributed by atoms with van der Waals surface area (Å²) >= 11 is 0. The standard InChI is InChI=1S/C29H38N2O3/c1-6-30(7-2)22-14-16-25-27(18-22)34-28-19-23(31(8-3)9-4)15-17-26(28)29(25,33-5)24-13-11-10-12-21(24)20-32/h10-21,24-25,27H,6-9H2,1-5H3. The molecule has 5 heteroatoms. The summed E-state index contributed by atoms with van der Waals surface area (Å²) in [4.78, 5) is 16.8. The highest BCUT2D eigenvalue weighted by molar-refractivity contribution is 5.62. The molecule has 0 bridgehead atoms. The number of hydrogen-bond donors (Lipinski definition) is 0. The Labute approximate surface area is 204 Å². The maximum Gasteiger partial charge on any atom is 0.129 e. The average molecular weight is 463 g/mol. The van der Waals surface area contributed by atoms with Crippen LogP contribution in [0.25, 0.3) is 0 Å².